The van der Waals surface area contributed by atoms with Gasteiger partial charge in [0.25, 0.3) is 0 Å². The Kier molecular flexibility index (Phi) is 9.05. The molecule has 0 bridgehead atoms. The number of rotatable bonds is 10. The zero-order chi connectivity index (χ0) is 20.6. The van der Waals surface area contributed by atoms with E-state index in [9.17, 15) is 9.46 Å². The molecule has 1 atom stereocenters. The molecular weight excluding hydrogens is 365 g/mol. The van der Waals surface area contributed by atoms with Gasteiger partial charge < -0.3 is 9.26 Å². The molecule has 6 nitrogen and oxygen atoms in total. The number of nitriles is 1. The second kappa shape index (κ2) is 10.5. The maximum Gasteiger partial charge on any atom is 0.527 e. The Bertz CT molecular complexity index is 724. The van der Waals surface area contributed by atoms with Crippen LogP contribution in [0.15, 0.2) is 29.8 Å². The first kappa shape index (κ1) is 23.2. The van der Waals surface area contributed by atoms with Crippen molar-refractivity contribution in [3.8, 4) is 11.8 Å². The minimum absolute atomic E-state index is 0.00913. The highest BCUT2D eigenvalue weighted by molar-refractivity contribution is 7.47. The maximum atomic E-state index is 12.0. The number of phosphoric ester groups is 1. The van der Waals surface area contributed by atoms with E-state index in [0.717, 1.165) is 11.3 Å². The number of hydrogen-bond donors (Lipinski definition) is 1. The molecular formula is C20H30NO5P. The van der Waals surface area contributed by atoms with E-state index in [1.165, 1.54) is 5.57 Å². The fourth-order valence-electron chi connectivity index (χ4n) is 2.79. The molecule has 0 aliphatic heterocycles. The van der Waals surface area contributed by atoms with Gasteiger partial charge >= 0.3 is 7.82 Å². The van der Waals surface area contributed by atoms with Gasteiger partial charge in [0.15, 0.2) is 0 Å². The molecule has 0 fully saturated rings. The lowest BCUT2D eigenvalue weighted by atomic mass is 9.89. The molecule has 0 aliphatic rings. The highest BCUT2D eigenvalue weighted by atomic mass is 31.2. The van der Waals surface area contributed by atoms with Crippen LogP contribution in [0.2, 0.25) is 0 Å². The normalized spacial score (nSPS) is 13.4. The summed E-state index contributed by atoms with van der Waals surface area (Å²) >= 11 is 0. The molecule has 1 rings (SSSR count). The molecule has 1 N–H and O–H groups in total. The third kappa shape index (κ3) is 7.76. The zero-order valence-corrected chi connectivity index (χ0v) is 17.8. The summed E-state index contributed by atoms with van der Waals surface area (Å²) in [7, 11) is -4.29. The zero-order valence-electron chi connectivity index (χ0n) is 16.9. The average molecular weight is 395 g/mol. The number of allylic oxidation sites excluding steroid dienone is 1. The van der Waals surface area contributed by atoms with E-state index < -0.39 is 7.82 Å². The molecule has 1 aromatic rings. The van der Waals surface area contributed by atoms with Crippen LogP contribution in [-0.2, 0) is 13.8 Å². The van der Waals surface area contributed by atoms with Gasteiger partial charge in [-0.3, -0.25) is 9.42 Å². The van der Waals surface area contributed by atoms with Crippen LogP contribution in [-0.4, -0.2) is 17.6 Å². The van der Waals surface area contributed by atoms with Crippen LogP contribution in [0.1, 0.15) is 53.5 Å². The Hall–Kier alpha value is -1.80. The van der Waals surface area contributed by atoms with Crippen LogP contribution in [0.3, 0.4) is 0 Å². The molecule has 1 unspecified atom stereocenters. The van der Waals surface area contributed by atoms with Gasteiger partial charge in [-0.15, -0.1) is 0 Å². The minimum atomic E-state index is -4.29. The molecule has 27 heavy (non-hydrogen) atoms. The Morgan fingerprint density at radius 3 is 2.33 bits per heavy atom. The van der Waals surface area contributed by atoms with E-state index >= 15 is 0 Å². The third-order valence-electron chi connectivity index (χ3n) is 3.65. The van der Waals surface area contributed by atoms with Crippen LogP contribution in [0, 0.1) is 23.2 Å². The van der Waals surface area contributed by atoms with Gasteiger partial charge in [0.1, 0.15) is 11.5 Å². The fraction of sp³-hybridized carbons (Fsp3) is 0.550. The molecule has 0 aromatic heterocycles. The first-order valence-electron chi connectivity index (χ1n) is 9.12. The second-order valence-electron chi connectivity index (χ2n) is 7.09. The summed E-state index contributed by atoms with van der Waals surface area (Å²) in [6.07, 6.45) is -0.00908. The molecule has 0 aliphatic carbocycles. The predicted molar refractivity (Wildman–Crippen MR) is 106 cm³/mol. The summed E-state index contributed by atoms with van der Waals surface area (Å²) in [6, 6.07) is 8.71. The van der Waals surface area contributed by atoms with Gasteiger partial charge in [0.05, 0.1) is 25.2 Å². The van der Waals surface area contributed by atoms with Gasteiger partial charge in [-0.1, -0.05) is 39.8 Å². The summed E-state index contributed by atoms with van der Waals surface area (Å²) < 4.78 is 28.1. The largest absolute Gasteiger partial charge is 0.527 e. The second-order valence-corrected chi connectivity index (χ2v) is 8.47. The summed E-state index contributed by atoms with van der Waals surface area (Å²) in [5, 5.41) is 8.50. The molecule has 0 saturated carbocycles. The summed E-state index contributed by atoms with van der Waals surface area (Å²) in [5.41, 5.74) is 1.94. The molecule has 7 heteroatoms. The van der Waals surface area contributed by atoms with Crippen LogP contribution in [0.25, 0.3) is 5.76 Å². The van der Waals surface area contributed by atoms with E-state index in [1.54, 1.807) is 18.2 Å². The van der Waals surface area contributed by atoms with Crippen molar-refractivity contribution in [2.75, 3.05) is 6.61 Å². The van der Waals surface area contributed by atoms with Crippen LogP contribution in [0.4, 0.5) is 0 Å². The van der Waals surface area contributed by atoms with E-state index in [2.05, 4.69) is 27.7 Å². The smallest absolute Gasteiger partial charge is 0.490 e. The quantitative estimate of drug-likeness (QED) is 0.318. The lowest BCUT2D eigenvalue weighted by Gasteiger charge is -2.24. The van der Waals surface area contributed by atoms with Crippen molar-refractivity contribution in [1.29, 1.82) is 5.26 Å². The highest BCUT2D eigenvalue weighted by Crippen LogP contribution is 2.44. The molecule has 1 aromatic carbocycles. The Morgan fingerprint density at radius 2 is 1.81 bits per heavy atom. The molecule has 0 heterocycles. The Morgan fingerprint density at radius 1 is 1.19 bits per heavy atom. The van der Waals surface area contributed by atoms with E-state index in [0.29, 0.717) is 0 Å². The monoisotopic (exact) mass is 395 g/mol. The van der Waals surface area contributed by atoms with Crippen molar-refractivity contribution in [2.24, 2.45) is 11.8 Å². The highest BCUT2D eigenvalue weighted by Gasteiger charge is 2.24. The molecule has 0 amide bonds. The maximum absolute atomic E-state index is 12.0. The molecule has 0 radical (unpaired) electrons. The van der Waals surface area contributed by atoms with E-state index in [4.69, 9.17) is 19.0 Å². The van der Waals surface area contributed by atoms with Gasteiger partial charge in [0.2, 0.25) is 0 Å². The van der Waals surface area contributed by atoms with Crippen LogP contribution >= 0.6 is 7.82 Å². The first-order chi connectivity index (χ1) is 12.6. The van der Waals surface area contributed by atoms with Gasteiger partial charge in [-0.25, -0.2) is 4.57 Å². The number of phosphoric acid groups is 1. The van der Waals surface area contributed by atoms with Crippen molar-refractivity contribution in [1.82, 2.24) is 0 Å². The Labute approximate surface area is 162 Å². The SMILES string of the molecule is CC(C)OC(=C(C(C)C)C(C)C)c1cccc(OP(=O)(O)OCCC#N)c1. The minimum Gasteiger partial charge on any atom is -0.490 e. The molecule has 0 saturated heterocycles. The van der Waals surface area contributed by atoms with Crippen LogP contribution in [0.5, 0.6) is 5.75 Å². The van der Waals surface area contributed by atoms with E-state index in [1.807, 2.05) is 26.0 Å². The summed E-state index contributed by atoms with van der Waals surface area (Å²) in [4.78, 5) is 9.81. The topological polar surface area (TPSA) is 88.8 Å². The standard InChI is InChI=1S/C20H30NO5P/c1-14(2)19(15(3)4)20(25-16(5)6)17-9-7-10-18(13-17)26-27(22,23)24-12-8-11-21/h7,9-10,13-16H,8,12H2,1-6H3,(H,22,23). The number of nitrogens with zero attached hydrogens (tertiary/aromatic N) is 1. The van der Waals surface area contributed by atoms with Gasteiger partial charge in [-0.2, -0.15) is 5.26 Å². The molecule has 0 spiro atoms. The van der Waals surface area contributed by atoms with Crippen molar-refractivity contribution in [2.45, 2.75) is 54.1 Å². The van der Waals surface area contributed by atoms with Crippen molar-refractivity contribution in [3.63, 3.8) is 0 Å². The predicted octanol–water partition coefficient (Wildman–Crippen LogP) is 5.54. The van der Waals surface area contributed by atoms with E-state index in [-0.39, 0.29) is 36.7 Å². The number of benzene rings is 1. The average Bonchev–Trinajstić information content (AvgIpc) is 2.53. The third-order valence-corrected chi connectivity index (χ3v) is 4.60. The lowest BCUT2D eigenvalue weighted by molar-refractivity contribution is 0.198. The summed E-state index contributed by atoms with van der Waals surface area (Å²) in [6.45, 7) is 12.2. The van der Waals surface area contributed by atoms with Gasteiger partial charge in [0, 0.05) is 5.56 Å². The van der Waals surface area contributed by atoms with Crippen molar-refractivity contribution >= 4 is 13.6 Å². The van der Waals surface area contributed by atoms with Gasteiger partial charge in [-0.05, 0) is 43.4 Å². The number of hydrogen-bond acceptors (Lipinski definition) is 5. The fourth-order valence-corrected chi connectivity index (χ4v) is 3.54. The molecule has 150 valence electrons. The Balaban J connectivity index is 3.24. The number of ether oxygens (including phenoxy) is 1. The van der Waals surface area contributed by atoms with Crippen molar-refractivity contribution in [3.05, 3.63) is 35.4 Å². The van der Waals surface area contributed by atoms with Crippen LogP contribution < -0.4 is 4.52 Å². The van der Waals surface area contributed by atoms with Crippen molar-refractivity contribution < 1.29 is 23.2 Å². The lowest BCUT2D eigenvalue weighted by Crippen LogP contribution is -2.11. The summed E-state index contributed by atoms with van der Waals surface area (Å²) in [5.74, 6) is 1.52. The first-order valence-corrected chi connectivity index (χ1v) is 10.6.